The molecule has 0 aromatic rings. The van der Waals surface area contributed by atoms with E-state index in [0.29, 0.717) is 6.04 Å². The SMILES string of the molecule is CCCCCCCCCCCCCCCCCC(CO)N1C=NCC1. The number of rotatable bonds is 18. The minimum absolute atomic E-state index is 0.268. The number of aliphatic hydroxyl groups is 1. The van der Waals surface area contributed by atoms with E-state index in [1.807, 2.05) is 6.34 Å². The Hall–Kier alpha value is -0.570. The largest absolute Gasteiger partial charge is 0.394 e. The second-order valence-electron chi connectivity index (χ2n) is 7.83. The van der Waals surface area contributed by atoms with Gasteiger partial charge in [0.15, 0.2) is 0 Å². The summed E-state index contributed by atoms with van der Waals surface area (Å²) in [5.41, 5.74) is 0. The Bertz CT molecular complexity index is 306. The average molecular weight is 353 g/mol. The van der Waals surface area contributed by atoms with Gasteiger partial charge in [-0.15, -0.1) is 0 Å². The van der Waals surface area contributed by atoms with Gasteiger partial charge in [0.05, 0.1) is 25.5 Å². The van der Waals surface area contributed by atoms with Crippen LogP contribution in [0.1, 0.15) is 110 Å². The average Bonchev–Trinajstić information content (AvgIpc) is 3.16. The van der Waals surface area contributed by atoms with Gasteiger partial charge in [0.25, 0.3) is 0 Å². The Balaban J connectivity index is 1.76. The third-order valence-electron chi connectivity index (χ3n) is 5.54. The summed E-state index contributed by atoms with van der Waals surface area (Å²) in [7, 11) is 0. The molecule has 148 valence electrons. The zero-order valence-corrected chi connectivity index (χ0v) is 16.9. The minimum atomic E-state index is 0.268. The molecule has 0 saturated heterocycles. The zero-order chi connectivity index (χ0) is 18.0. The summed E-state index contributed by atoms with van der Waals surface area (Å²) in [4.78, 5) is 6.46. The molecule has 1 unspecified atom stereocenters. The second-order valence-corrected chi connectivity index (χ2v) is 7.83. The lowest BCUT2D eigenvalue weighted by Crippen LogP contribution is -2.35. The van der Waals surface area contributed by atoms with Crippen LogP contribution in [-0.2, 0) is 0 Å². The minimum Gasteiger partial charge on any atom is -0.394 e. The number of unbranched alkanes of at least 4 members (excludes halogenated alkanes) is 14. The van der Waals surface area contributed by atoms with Gasteiger partial charge in [-0.1, -0.05) is 103 Å². The van der Waals surface area contributed by atoms with Gasteiger partial charge in [0.2, 0.25) is 0 Å². The molecule has 0 bridgehead atoms. The molecule has 0 radical (unpaired) electrons. The second kappa shape index (κ2) is 16.9. The lowest BCUT2D eigenvalue weighted by atomic mass is 10.0. The first kappa shape index (κ1) is 22.5. The molecule has 1 heterocycles. The Morgan fingerprint density at radius 3 is 1.68 bits per heavy atom. The fourth-order valence-corrected chi connectivity index (χ4v) is 3.78. The van der Waals surface area contributed by atoms with E-state index >= 15 is 0 Å². The van der Waals surface area contributed by atoms with Gasteiger partial charge in [-0.05, 0) is 6.42 Å². The molecule has 0 aliphatic carbocycles. The molecule has 0 fully saturated rings. The van der Waals surface area contributed by atoms with E-state index in [2.05, 4.69) is 16.8 Å². The van der Waals surface area contributed by atoms with E-state index in [0.717, 1.165) is 19.5 Å². The lowest BCUT2D eigenvalue weighted by Gasteiger charge is -2.24. The normalized spacial score (nSPS) is 15.2. The summed E-state index contributed by atoms with van der Waals surface area (Å²) in [5, 5.41) is 9.50. The van der Waals surface area contributed by atoms with Crippen LogP contribution in [0.2, 0.25) is 0 Å². The van der Waals surface area contributed by atoms with Crippen molar-refractivity contribution in [1.82, 2.24) is 4.90 Å². The first-order valence-electron chi connectivity index (χ1n) is 11.2. The van der Waals surface area contributed by atoms with Crippen LogP contribution in [0, 0.1) is 0 Å². The van der Waals surface area contributed by atoms with Gasteiger partial charge < -0.3 is 10.0 Å². The molecule has 3 heteroatoms. The van der Waals surface area contributed by atoms with Crippen molar-refractivity contribution in [3.05, 3.63) is 0 Å². The number of aliphatic imine (C=N–C) groups is 1. The Labute approximate surface area is 157 Å². The third-order valence-corrected chi connectivity index (χ3v) is 5.54. The Morgan fingerprint density at radius 1 is 0.800 bits per heavy atom. The summed E-state index contributed by atoms with van der Waals surface area (Å²) in [5.74, 6) is 0. The Kier molecular flexibility index (Phi) is 15.2. The molecule has 0 aromatic heterocycles. The van der Waals surface area contributed by atoms with Crippen LogP contribution in [-0.4, -0.2) is 42.1 Å². The first-order valence-corrected chi connectivity index (χ1v) is 11.2. The highest BCUT2D eigenvalue weighted by Crippen LogP contribution is 2.15. The fraction of sp³-hybridized carbons (Fsp3) is 0.955. The maximum Gasteiger partial charge on any atom is 0.0854 e. The van der Waals surface area contributed by atoms with Crippen LogP contribution in [0.25, 0.3) is 0 Å². The Morgan fingerprint density at radius 2 is 1.28 bits per heavy atom. The molecular formula is C22H44N2O. The van der Waals surface area contributed by atoms with Gasteiger partial charge in [-0.25, -0.2) is 0 Å². The van der Waals surface area contributed by atoms with Crippen molar-refractivity contribution in [1.29, 1.82) is 0 Å². The molecule has 25 heavy (non-hydrogen) atoms. The van der Waals surface area contributed by atoms with Gasteiger partial charge >= 0.3 is 0 Å². The summed E-state index contributed by atoms with van der Waals surface area (Å²) < 4.78 is 0. The molecule has 0 aromatic carbocycles. The number of nitrogens with zero attached hydrogens (tertiary/aromatic N) is 2. The number of hydrogen-bond donors (Lipinski definition) is 1. The lowest BCUT2D eigenvalue weighted by molar-refractivity contribution is 0.180. The van der Waals surface area contributed by atoms with Crippen molar-refractivity contribution in [2.75, 3.05) is 19.7 Å². The van der Waals surface area contributed by atoms with Crippen molar-refractivity contribution in [2.45, 2.75) is 116 Å². The van der Waals surface area contributed by atoms with Crippen LogP contribution < -0.4 is 0 Å². The van der Waals surface area contributed by atoms with Crippen LogP contribution >= 0.6 is 0 Å². The molecule has 1 rings (SSSR count). The van der Waals surface area contributed by atoms with Gasteiger partial charge in [0.1, 0.15) is 0 Å². The van der Waals surface area contributed by atoms with E-state index in [-0.39, 0.29) is 6.61 Å². The third kappa shape index (κ3) is 12.4. The van der Waals surface area contributed by atoms with Crippen LogP contribution in [0.5, 0.6) is 0 Å². The summed E-state index contributed by atoms with van der Waals surface area (Å²) in [6, 6.07) is 0.299. The summed E-state index contributed by atoms with van der Waals surface area (Å²) >= 11 is 0. The highest BCUT2D eigenvalue weighted by atomic mass is 16.3. The van der Waals surface area contributed by atoms with Crippen LogP contribution in [0.15, 0.2) is 4.99 Å². The van der Waals surface area contributed by atoms with Crippen molar-refractivity contribution in [2.24, 2.45) is 4.99 Å². The first-order chi connectivity index (χ1) is 12.4. The van der Waals surface area contributed by atoms with Crippen molar-refractivity contribution in [3.8, 4) is 0 Å². The maximum absolute atomic E-state index is 9.50. The molecule has 0 amide bonds. The highest BCUT2D eigenvalue weighted by Gasteiger charge is 2.16. The van der Waals surface area contributed by atoms with Crippen LogP contribution in [0.4, 0.5) is 0 Å². The van der Waals surface area contributed by atoms with Crippen molar-refractivity contribution >= 4 is 6.34 Å². The molecule has 1 aliphatic heterocycles. The highest BCUT2D eigenvalue weighted by molar-refractivity contribution is 5.57. The number of aliphatic hydroxyl groups excluding tert-OH is 1. The van der Waals surface area contributed by atoms with E-state index in [4.69, 9.17) is 0 Å². The van der Waals surface area contributed by atoms with E-state index < -0.39 is 0 Å². The zero-order valence-electron chi connectivity index (χ0n) is 16.9. The maximum atomic E-state index is 9.50. The number of hydrogen-bond acceptors (Lipinski definition) is 3. The molecule has 0 saturated carbocycles. The van der Waals surface area contributed by atoms with Crippen molar-refractivity contribution < 1.29 is 5.11 Å². The monoisotopic (exact) mass is 352 g/mol. The molecule has 1 atom stereocenters. The van der Waals surface area contributed by atoms with Gasteiger partial charge in [-0.2, -0.15) is 0 Å². The van der Waals surface area contributed by atoms with Gasteiger partial charge in [-0.3, -0.25) is 4.99 Å². The van der Waals surface area contributed by atoms with Crippen LogP contribution in [0.3, 0.4) is 0 Å². The molecule has 3 nitrogen and oxygen atoms in total. The molecule has 0 spiro atoms. The molecular weight excluding hydrogens is 308 g/mol. The summed E-state index contributed by atoms with van der Waals surface area (Å²) in [6.07, 6.45) is 24.1. The van der Waals surface area contributed by atoms with E-state index in [1.165, 1.54) is 96.3 Å². The molecule has 1 N–H and O–H groups in total. The quantitative estimate of drug-likeness (QED) is 0.309. The summed E-state index contributed by atoms with van der Waals surface area (Å²) in [6.45, 7) is 4.44. The fourth-order valence-electron chi connectivity index (χ4n) is 3.78. The van der Waals surface area contributed by atoms with E-state index in [1.54, 1.807) is 0 Å². The standard InChI is InChI=1S/C22H44N2O/c1-2-3-4-5-6-7-8-9-10-11-12-13-14-15-16-17-22(20-25)24-19-18-23-21-24/h21-22,25H,2-20H2,1H3. The van der Waals surface area contributed by atoms with Crippen molar-refractivity contribution in [3.63, 3.8) is 0 Å². The topological polar surface area (TPSA) is 35.8 Å². The predicted molar refractivity (Wildman–Crippen MR) is 110 cm³/mol. The molecule has 1 aliphatic rings. The van der Waals surface area contributed by atoms with E-state index in [9.17, 15) is 5.11 Å². The predicted octanol–water partition coefficient (Wildman–Crippen LogP) is 5.95. The smallest absolute Gasteiger partial charge is 0.0854 e. The van der Waals surface area contributed by atoms with Gasteiger partial charge in [0, 0.05) is 6.54 Å².